The second kappa shape index (κ2) is 7.04. The van der Waals surface area contributed by atoms with Crippen molar-refractivity contribution in [3.05, 3.63) is 0 Å². The Kier molecular flexibility index (Phi) is 8.02. The van der Waals surface area contributed by atoms with Gasteiger partial charge in [-0.3, -0.25) is 4.79 Å². The predicted molar refractivity (Wildman–Crippen MR) is 64.0 cm³/mol. The topological polar surface area (TPSA) is 75.4 Å². The van der Waals surface area contributed by atoms with Crippen LogP contribution in [-0.2, 0) is 4.79 Å². The van der Waals surface area contributed by atoms with Gasteiger partial charge in [0.25, 0.3) is 0 Å². The van der Waals surface area contributed by atoms with Crippen LogP contribution in [0.5, 0.6) is 0 Å². The Bertz CT molecular complexity index is 190. The summed E-state index contributed by atoms with van der Waals surface area (Å²) < 4.78 is 0. The minimum atomic E-state index is -0.517. The Hall–Kier alpha value is -0.320. The Morgan fingerprint density at radius 2 is 1.93 bits per heavy atom. The predicted octanol–water partition coefficient (Wildman–Crippen LogP) is 0.669. The van der Waals surface area contributed by atoms with Crippen molar-refractivity contribution in [3.8, 4) is 0 Å². The van der Waals surface area contributed by atoms with Crippen LogP contribution in [0.2, 0.25) is 0 Å². The van der Waals surface area contributed by atoms with Gasteiger partial charge in [0.15, 0.2) is 0 Å². The Balaban J connectivity index is 0. The first-order chi connectivity index (χ1) is 6.22. The Morgan fingerprint density at radius 1 is 1.47 bits per heavy atom. The number of carbonyl (C=O) groups is 1. The highest BCUT2D eigenvalue weighted by Gasteiger charge is 2.17. The molecule has 4 N–H and O–H groups in total. The van der Waals surface area contributed by atoms with Crippen molar-refractivity contribution in [1.29, 1.82) is 0 Å². The molecule has 15 heavy (non-hydrogen) atoms. The summed E-state index contributed by atoms with van der Waals surface area (Å²) in [6, 6.07) is -0.517. The zero-order valence-electron chi connectivity index (χ0n) is 9.91. The average molecular weight is 239 g/mol. The second-order valence-electron chi connectivity index (χ2n) is 4.95. The molecule has 92 valence electrons. The van der Waals surface area contributed by atoms with E-state index in [1.165, 1.54) is 0 Å². The molecule has 0 aliphatic heterocycles. The molecular weight excluding hydrogens is 216 g/mol. The van der Waals surface area contributed by atoms with Gasteiger partial charge in [0.2, 0.25) is 5.91 Å². The molecule has 0 spiro atoms. The van der Waals surface area contributed by atoms with Crippen LogP contribution in [0.25, 0.3) is 0 Å². The lowest BCUT2D eigenvalue weighted by Gasteiger charge is -2.22. The van der Waals surface area contributed by atoms with Gasteiger partial charge < -0.3 is 16.2 Å². The van der Waals surface area contributed by atoms with E-state index in [9.17, 15) is 9.90 Å². The van der Waals surface area contributed by atoms with Crippen LogP contribution in [0.4, 0.5) is 0 Å². The fourth-order valence-corrected chi connectivity index (χ4v) is 1.16. The molecule has 0 aliphatic carbocycles. The van der Waals surface area contributed by atoms with E-state index in [-0.39, 0.29) is 30.3 Å². The van der Waals surface area contributed by atoms with Gasteiger partial charge in [0, 0.05) is 6.54 Å². The third kappa shape index (κ3) is 9.97. The van der Waals surface area contributed by atoms with Crippen LogP contribution in [0.15, 0.2) is 0 Å². The fourth-order valence-electron chi connectivity index (χ4n) is 1.16. The molecular formula is C10H23ClN2O2. The summed E-state index contributed by atoms with van der Waals surface area (Å²) in [6.45, 7) is 8.03. The van der Waals surface area contributed by atoms with E-state index in [0.29, 0.717) is 6.42 Å². The molecule has 0 aromatic rings. The van der Waals surface area contributed by atoms with Crippen molar-refractivity contribution in [1.82, 2.24) is 5.32 Å². The summed E-state index contributed by atoms with van der Waals surface area (Å²) in [5, 5.41) is 12.2. The first kappa shape index (κ1) is 17.1. The van der Waals surface area contributed by atoms with Gasteiger partial charge in [-0.05, 0) is 18.8 Å². The van der Waals surface area contributed by atoms with E-state index < -0.39 is 12.1 Å². The third-order valence-corrected chi connectivity index (χ3v) is 1.77. The van der Waals surface area contributed by atoms with Crippen molar-refractivity contribution in [2.24, 2.45) is 11.1 Å². The Labute approximate surface area is 98.0 Å². The fraction of sp³-hybridized carbons (Fsp3) is 0.900. The van der Waals surface area contributed by atoms with Gasteiger partial charge >= 0.3 is 0 Å². The number of amides is 1. The van der Waals surface area contributed by atoms with E-state index in [0.717, 1.165) is 0 Å². The highest BCUT2D eigenvalue weighted by molar-refractivity contribution is 5.85. The normalized spacial score (nSPS) is 15.1. The van der Waals surface area contributed by atoms with E-state index in [2.05, 4.69) is 5.32 Å². The molecule has 0 aliphatic rings. The van der Waals surface area contributed by atoms with Crippen molar-refractivity contribution >= 4 is 18.3 Å². The molecule has 0 fully saturated rings. The lowest BCUT2D eigenvalue weighted by Crippen LogP contribution is -2.42. The van der Waals surface area contributed by atoms with Crippen molar-refractivity contribution in [2.45, 2.75) is 46.3 Å². The zero-order chi connectivity index (χ0) is 11.4. The molecule has 0 radical (unpaired) electrons. The number of aliphatic hydroxyl groups excluding tert-OH is 1. The maximum Gasteiger partial charge on any atom is 0.236 e. The quantitative estimate of drug-likeness (QED) is 0.674. The van der Waals surface area contributed by atoms with Gasteiger partial charge in [-0.2, -0.15) is 0 Å². The summed E-state index contributed by atoms with van der Waals surface area (Å²) in [7, 11) is 0. The number of rotatable bonds is 4. The summed E-state index contributed by atoms with van der Waals surface area (Å²) in [6.07, 6.45) is 0.157. The second-order valence-corrected chi connectivity index (χ2v) is 4.95. The number of carbonyl (C=O) groups excluding carboxylic acids is 1. The molecule has 0 aromatic heterocycles. The van der Waals surface area contributed by atoms with E-state index in [4.69, 9.17) is 5.73 Å². The van der Waals surface area contributed by atoms with Crippen molar-refractivity contribution in [2.75, 3.05) is 6.54 Å². The minimum absolute atomic E-state index is 0. The average Bonchev–Trinajstić information content (AvgIpc) is 1.96. The highest BCUT2D eigenvalue weighted by atomic mass is 35.5. The maximum absolute atomic E-state index is 11.1. The lowest BCUT2D eigenvalue weighted by molar-refractivity contribution is -0.122. The van der Waals surface area contributed by atoms with Crippen molar-refractivity contribution < 1.29 is 9.90 Å². The van der Waals surface area contributed by atoms with Crippen LogP contribution < -0.4 is 11.1 Å². The standard InChI is InChI=1S/C10H22N2O2.ClH/c1-7(11)9(14)12-6-8(13)5-10(2,3)4;/h7-8,13H,5-6,11H2,1-4H3,(H,12,14);1H/t7-,8?;/m0./s1. The smallest absolute Gasteiger partial charge is 0.236 e. The van der Waals surface area contributed by atoms with Crippen LogP contribution in [0.3, 0.4) is 0 Å². The first-order valence-electron chi connectivity index (χ1n) is 4.94. The van der Waals surface area contributed by atoms with E-state index >= 15 is 0 Å². The molecule has 0 aromatic carbocycles. The summed E-state index contributed by atoms with van der Waals surface area (Å²) in [4.78, 5) is 11.1. The summed E-state index contributed by atoms with van der Waals surface area (Å²) >= 11 is 0. The molecule has 0 bridgehead atoms. The minimum Gasteiger partial charge on any atom is -0.391 e. The van der Waals surface area contributed by atoms with E-state index in [1.807, 2.05) is 20.8 Å². The number of nitrogens with one attached hydrogen (secondary N) is 1. The summed E-state index contributed by atoms with van der Waals surface area (Å²) in [5.41, 5.74) is 5.42. The number of hydrogen-bond acceptors (Lipinski definition) is 3. The third-order valence-electron chi connectivity index (χ3n) is 1.77. The SMILES string of the molecule is C[C@H](N)C(=O)NCC(O)CC(C)(C)C.Cl. The van der Waals surface area contributed by atoms with E-state index in [1.54, 1.807) is 6.92 Å². The largest absolute Gasteiger partial charge is 0.391 e. The van der Waals surface area contributed by atoms with Gasteiger partial charge in [0.05, 0.1) is 12.1 Å². The number of aliphatic hydroxyl groups is 1. The molecule has 2 atom stereocenters. The van der Waals surface area contributed by atoms with Crippen molar-refractivity contribution in [3.63, 3.8) is 0 Å². The molecule has 1 amide bonds. The molecule has 0 saturated heterocycles. The lowest BCUT2D eigenvalue weighted by atomic mass is 9.89. The van der Waals surface area contributed by atoms with Gasteiger partial charge in [-0.25, -0.2) is 0 Å². The Morgan fingerprint density at radius 3 is 2.27 bits per heavy atom. The number of nitrogens with two attached hydrogens (primary N) is 1. The highest BCUT2D eigenvalue weighted by Crippen LogP contribution is 2.20. The molecule has 0 saturated carbocycles. The molecule has 4 nitrogen and oxygen atoms in total. The number of hydrogen-bond donors (Lipinski definition) is 3. The van der Waals surface area contributed by atoms with Gasteiger partial charge in [-0.15, -0.1) is 12.4 Å². The summed E-state index contributed by atoms with van der Waals surface area (Å²) in [5.74, 6) is -0.224. The van der Waals surface area contributed by atoms with Crippen LogP contribution >= 0.6 is 12.4 Å². The number of halogens is 1. The molecule has 0 rings (SSSR count). The maximum atomic E-state index is 11.1. The van der Waals surface area contributed by atoms with Crippen LogP contribution in [-0.4, -0.2) is 29.7 Å². The van der Waals surface area contributed by atoms with Crippen LogP contribution in [0, 0.1) is 5.41 Å². The molecule has 0 heterocycles. The van der Waals surface area contributed by atoms with Gasteiger partial charge in [0.1, 0.15) is 0 Å². The molecule has 1 unspecified atom stereocenters. The zero-order valence-corrected chi connectivity index (χ0v) is 10.7. The van der Waals surface area contributed by atoms with Crippen LogP contribution in [0.1, 0.15) is 34.1 Å². The van der Waals surface area contributed by atoms with Gasteiger partial charge in [-0.1, -0.05) is 20.8 Å². The first-order valence-corrected chi connectivity index (χ1v) is 4.94. The molecule has 5 heteroatoms. The monoisotopic (exact) mass is 238 g/mol.